The van der Waals surface area contributed by atoms with Gasteiger partial charge in [-0.1, -0.05) is 30.3 Å². The summed E-state index contributed by atoms with van der Waals surface area (Å²) in [5.74, 6) is 0.887. The van der Waals surface area contributed by atoms with Crippen molar-refractivity contribution in [3.63, 3.8) is 0 Å². The number of nitrogens with zero attached hydrogens (tertiary/aromatic N) is 3. The van der Waals surface area contributed by atoms with E-state index in [0.717, 1.165) is 17.9 Å². The maximum absolute atomic E-state index is 9.97. The topological polar surface area (TPSA) is 63.0 Å². The molecule has 0 spiro atoms. The number of aryl methyl sites for hydroxylation is 1. The molecular formula is C13H18N4O. The van der Waals surface area contributed by atoms with E-state index in [1.165, 1.54) is 0 Å². The van der Waals surface area contributed by atoms with Gasteiger partial charge in [0.2, 0.25) is 0 Å². The number of aromatic nitrogens is 3. The van der Waals surface area contributed by atoms with Crippen LogP contribution in [0.1, 0.15) is 24.4 Å². The molecule has 5 heteroatoms. The normalized spacial score (nSPS) is 12.6. The van der Waals surface area contributed by atoms with E-state index in [-0.39, 0.29) is 0 Å². The van der Waals surface area contributed by atoms with Crippen LogP contribution in [0.2, 0.25) is 0 Å². The molecule has 1 unspecified atom stereocenters. The maximum Gasteiger partial charge on any atom is 0.146 e. The predicted molar refractivity (Wildman–Crippen MR) is 68.8 cm³/mol. The van der Waals surface area contributed by atoms with Gasteiger partial charge in [0.15, 0.2) is 0 Å². The molecule has 0 aliphatic rings. The molecule has 0 amide bonds. The number of nitrogens with one attached hydrogen (secondary N) is 1. The number of aliphatic hydroxyl groups excluding tert-OH is 1. The first-order valence-electron chi connectivity index (χ1n) is 6.11. The third-order valence-corrected chi connectivity index (χ3v) is 2.84. The van der Waals surface area contributed by atoms with Gasteiger partial charge in [0.25, 0.3) is 0 Å². The smallest absolute Gasteiger partial charge is 0.146 e. The second-order valence-corrected chi connectivity index (χ2v) is 4.09. The quantitative estimate of drug-likeness (QED) is 0.802. The van der Waals surface area contributed by atoms with E-state index in [2.05, 4.69) is 15.5 Å². The standard InChI is InChI=1S/C13H18N4O/c1-2-17-10-15-16-13(17)9-14-8-12(18)11-6-4-3-5-7-11/h3-7,10,12,14,18H,2,8-9H2,1H3. The summed E-state index contributed by atoms with van der Waals surface area (Å²) in [5, 5.41) is 21.0. The minimum Gasteiger partial charge on any atom is -0.387 e. The fourth-order valence-electron chi connectivity index (χ4n) is 1.79. The van der Waals surface area contributed by atoms with Gasteiger partial charge >= 0.3 is 0 Å². The molecule has 1 heterocycles. The third-order valence-electron chi connectivity index (χ3n) is 2.84. The Bertz CT molecular complexity index is 469. The lowest BCUT2D eigenvalue weighted by Gasteiger charge is -2.12. The van der Waals surface area contributed by atoms with E-state index >= 15 is 0 Å². The molecule has 2 aromatic rings. The molecule has 5 nitrogen and oxygen atoms in total. The molecular weight excluding hydrogens is 228 g/mol. The molecule has 0 fully saturated rings. The Balaban J connectivity index is 1.82. The van der Waals surface area contributed by atoms with Gasteiger partial charge in [-0.3, -0.25) is 0 Å². The molecule has 2 rings (SSSR count). The summed E-state index contributed by atoms with van der Waals surface area (Å²) >= 11 is 0. The molecule has 18 heavy (non-hydrogen) atoms. The van der Waals surface area contributed by atoms with Crippen molar-refractivity contribution >= 4 is 0 Å². The van der Waals surface area contributed by atoms with Crippen molar-refractivity contribution in [3.05, 3.63) is 48.0 Å². The van der Waals surface area contributed by atoms with Gasteiger partial charge < -0.3 is 15.0 Å². The average Bonchev–Trinajstić information content (AvgIpc) is 2.87. The zero-order chi connectivity index (χ0) is 12.8. The van der Waals surface area contributed by atoms with Crippen LogP contribution >= 0.6 is 0 Å². The van der Waals surface area contributed by atoms with E-state index in [9.17, 15) is 5.11 Å². The highest BCUT2D eigenvalue weighted by atomic mass is 16.3. The number of benzene rings is 1. The Morgan fingerprint density at radius 1 is 1.33 bits per heavy atom. The van der Waals surface area contributed by atoms with Crippen LogP contribution < -0.4 is 5.32 Å². The van der Waals surface area contributed by atoms with Crippen molar-refractivity contribution in [2.75, 3.05) is 6.54 Å². The van der Waals surface area contributed by atoms with Crippen molar-refractivity contribution < 1.29 is 5.11 Å². The molecule has 0 aliphatic heterocycles. The summed E-state index contributed by atoms with van der Waals surface area (Å²) in [6, 6.07) is 9.62. The molecule has 0 saturated carbocycles. The SMILES string of the molecule is CCn1cnnc1CNCC(O)c1ccccc1. The molecule has 0 saturated heterocycles. The second kappa shape index (κ2) is 6.28. The Hall–Kier alpha value is -1.72. The van der Waals surface area contributed by atoms with Gasteiger partial charge in [-0.25, -0.2) is 0 Å². The predicted octanol–water partition coefficient (Wildman–Crippen LogP) is 1.12. The Kier molecular flexibility index (Phi) is 4.44. The van der Waals surface area contributed by atoms with Crippen molar-refractivity contribution in [3.8, 4) is 0 Å². The van der Waals surface area contributed by atoms with E-state index in [0.29, 0.717) is 13.1 Å². The molecule has 2 N–H and O–H groups in total. The van der Waals surface area contributed by atoms with Crippen molar-refractivity contribution in [2.24, 2.45) is 0 Å². The van der Waals surface area contributed by atoms with Gasteiger partial charge in [0.05, 0.1) is 12.6 Å². The zero-order valence-corrected chi connectivity index (χ0v) is 10.5. The highest BCUT2D eigenvalue weighted by molar-refractivity contribution is 5.17. The van der Waals surface area contributed by atoms with Gasteiger partial charge in [-0.2, -0.15) is 0 Å². The second-order valence-electron chi connectivity index (χ2n) is 4.09. The number of rotatable bonds is 6. The summed E-state index contributed by atoms with van der Waals surface area (Å²) in [4.78, 5) is 0. The molecule has 0 aliphatic carbocycles. The summed E-state index contributed by atoms with van der Waals surface area (Å²) < 4.78 is 1.97. The van der Waals surface area contributed by atoms with E-state index < -0.39 is 6.10 Å². The lowest BCUT2D eigenvalue weighted by Crippen LogP contribution is -2.22. The highest BCUT2D eigenvalue weighted by Crippen LogP contribution is 2.10. The fourth-order valence-corrected chi connectivity index (χ4v) is 1.79. The van der Waals surface area contributed by atoms with Gasteiger partial charge in [-0.05, 0) is 12.5 Å². The van der Waals surface area contributed by atoms with Crippen LogP contribution in [0.25, 0.3) is 0 Å². The molecule has 0 bridgehead atoms. The number of hydrogen-bond acceptors (Lipinski definition) is 4. The summed E-state index contributed by atoms with van der Waals surface area (Å²) in [6.07, 6.45) is 1.22. The van der Waals surface area contributed by atoms with Crippen LogP contribution in [0, 0.1) is 0 Å². The van der Waals surface area contributed by atoms with Crippen molar-refractivity contribution in [1.29, 1.82) is 0 Å². The minimum absolute atomic E-state index is 0.496. The van der Waals surface area contributed by atoms with Crippen LogP contribution in [-0.2, 0) is 13.1 Å². The van der Waals surface area contributed by atoms with Gasteiger partial charge in [0, 0.05) is 13.1 Å². The molecule has 1 aromatic heterocycles. The fraction of sp³-hybridized carbons (Fsp3) is 0.385. The van der Waals surface area contributed by atoms with Gasteiger partial charge in [-0.15, -0.1) is 10.2 Å². The molecule has 96 valence electrons. The average molecular weight is 246 g/mol. The third kappa shape index (κ3) is 3.15. The van der Waals surface area contributed by atoms with Gasteiger partial charge in [0.1, 0.15) is 12.2 Å². The molecule has 0 radical (unpaired) electrons. The van der Waals surface area contributed by atoms with Crippen molar-refractivity contribution in [2.45, 2.75) is 26.1 Å². The van der Waals surface area contributed by atoms with E-state index in [1.54, 1.807) is 6.33 Å². The van der Waals surface area contributed by atoms with Crippen LogP contribution in [0.4, 0.5) is 0 Å². The monoisotopic (exact) mass is 246 g/mol. The number of aliphatic hydroxyl groups is 1. The van der Waals surface area contributed by atoms with Crippen LogP contribution in [0.3, 0.4) is 0 Å². The molecule has 1 atom stereocenters. The maximum atomic E-state index is 9.97. The van der Waals surface area contributed by atoms with Crippen LogP contribution in [-0.4, -0.2) is 26.4 Å². The van der Waals surface area contributed by atoms with Crippen LogP contribution in [0.15, 0.2) is 36.7 Å². The summed E-state index contributed by atoms with van der Waals surface area (Å²) in [6.45, 7) is 4.01. The van der Waals surface area contributed by atoms with Crippen LogP contribution in [0.5, 0.6) is 0 Å². The molecule has 1 aromatic carbocycles. The Labute approximate surface area is 106 Å². The van der Waals surface area contributed by atoms with E-state index in [4.69, 9.17) is 0 Å². The van der Waals surface area contributed by atoms with Crippen molar-refractivity contribution in [1.82, 2.24) is 20.1 Å². The minimum atomic E-state index is -0.496. The summed E-state index contributed by atoms with van der Waals surface area (Å²) in [7, 11) is 0. The Morgan fingerprint density at radius 3 is 2.83 bits per heavy atom. The first-order valence-corrected chi connectivity index (χ1v) is 6.11. The first-order chi connectivity index (χ1) is 8.81. The Morgan fingerprint density at radius 2 is 2.11 bits per heavy atom. The van der Waals surface area contributed by atoms with E-state index in [1.807, 2.05) is 41.8 Å². The first kappa shape index (κ1) is 12.7. The highest BCUT2D eigenvalue weighted by Gasteiger charge is 2.07. The number of hydrogen-bond donors (Lipinski definition) is 2. The zero-order valence-electron chi connectivity index (χ0n) is 10.5. The lowest BCUT2D eigenvalue weighted by molar-refractivity contribution is 0.174. The lowest BCUT2D eigenvalue weighted by atomic mass is 10.1. The largest absolute Gasteiger partial charge is 0.387 e. The summed E-state index contributed by atoms with van der Waals surface area (Å²) in [5.41, 5.74) is 0.918.